The van der Waals surface area contributed by atoms with Crippen LogP contribution in [0.25, 0.3) is 0 Å². The van der Waals surface area contributed by atoms with E-state index in [0.29, 0.717) is 6.54 Å². The number of hydrogen-bond acceptors (Lipinski definition) is 2. The second-order valence-electron chi connectivity index (χ2n) is 4.73. The Morgan fingerprint density at radius 1 is 1.38 bits per heavy atom. The van der Waals surface area contributed by atoms with Crippen LogP contribution in [-0.2, 0) is 0 Å². The fourth-order valence-corrected chi connectivity index (χ4v) is 2.10. The predicted molar refractivity (Wildman–Crippen MR) is 66.7 cm³/mol. The lowest BCUT2D eigenvalue weighted by Crippen LogP contribution is -2.46. The lowest BCUT2D eigenvalue weighted by molar-refractivity contribution is -0.0329. The summed E-state index contributed by atoms with van der Waals surface area (Å²) in [5.41, 5.74) is 0.744. The smallest absolute Gasteiger partial charge is 0.0771 e. The van der Waals surface area contributed by atoms with Crippen molar-refractivity contribution >= 4 is 11.6 Å². The fourth-order valence-electron chi connectivity index (χ4n) is 1.97. The molecule has 0 bridgehead atoms. The van der Waals surface area contributed by atoms with E-state index in [1.165, 1.54) is 5.56 Å². The summed E-state index contributed by atoms with van der Waals surface area (Å²) < 4.78 is 0. The molecule has 0 amide bonds. The predicted octanol–water partition coefficient (Wildman–Crippen LogP) is 2.91. The molecule has 2 nitrogen and oxygen atoms in total. The molecular formula is C13H18ClNO. The fraction of sp³-hybridized carbons (Fsp3) is 0.538. The van der Waals surface area contributed by atoms with E-state index < -0.39 is 5.60 Å². The zero-order valence-electron chi connectivity index (χ0n) is 9.54. The minimum Gasteiger partial charge on any atom is -0.389 e. The molecule has 16 heavy (non-hydrogen) atoms. The van der Waals surface area contributed by atoms with E-state index in [4.69, 9.17) is 11.6 Å². The van der Waals surface area contributed by atoms with Gasteiger partial charge in [-0.3, -0.25) is 0 Å². The maximum Gasteiger partial charge on any atom is 0.0771 e. The molecule has 88 valence electrons. The van der Waals surface area contributed by atoms with Gasteiger partial charge in [-0.1, -0.05) is 23.7 Å². The molecule has 0 aromatic heterocycles. The summed E-state index contributed by atoms with van der Waals surface area (Å²) in [5, 5.41) is 14.1. The SMILES string of the molecule is CC(NCC1(O)CCC1)c1ccc(Cl)cc1. The van der Waals surface area contributed by atoms with Crippen LogP contribution in [-0.4, -0.2) is 17.3 Å². The van der Waals surface area contributed by atoms with Crippen molar-refractivity contribution < 1.29 is 5.11 Å². The molecule has 0 radical (unpaired) electrons. The van der Waals surface area contributed by atoms with Crippen LogP contribution in [0, 0.1) is 0 Å². The Labute approximate surface area is 102 Å². The maximum absolute atomic E-state index is 9.97. The first-order valence-electron chi connectivity index (χ1n) is 5.80. The minimum absolute atomic E-state index is 0.252. The first-order chi connectivity index (χ1) is 7.59. The summed E-state index contributed by atoms with van der Waals surface area (Å²) in [5.74, 6) is 0. The second kappa shape index (κ2) is 4.74. The number of nitrogens with one attached hydrogen (secondary N) is 1. The van der Waals surface area contributed by atoms with Gasteiger partial charge in [0, 0.05) is 17.6 Å². The van der Waals surface area contributed by atoms with Crippen molar-refractivity contribution in [2.45, 2.75) is 37.8 Å². The highest BCUT2D eigenvalue weighted by Crippen LogP contribution is 2.31. The lowest BCUT2D eigenvalue weighted by atomic mass is 9.80. The molecule has 0 spiro atoms. The highest BCUT2D eigenvalue weighted by atomic mass is 35.5. The van der Waals surface area contributed by atoms with Crippen LogP contribution in [0.15, 0.2) is 24.3 Å². The van der Waals surface area contributed by atoms with Crippen LogP contribution in [0.3, 0.4) is 0 Å². The number of rotatable bonds is 4. The van der Waals surface area contributed by atoms with Gasteiger partial charge >= 0.3 is 0 Å². The Hall–Kier alpha value is -0.570. The van der Waals surface area contributed by atoms with Crippen LogP contribution in [0.4, 0.5) is 0 Å². The van der Waals surface area contributed by atoms with E-state index in [1.54, 1.807) is 0 Å². The van der Waals surface area contributed by atoms with Crippen LogP contribution in [0.1, 0.15) is 37.8 Å². The molecule has 0 aliphatic heterocycles. The van der Waals surface area contributed by atoms with Crippen LogP contribution in [0.2, 0.25) is 5.02 Å². The maximum atomic E-state index is 9.97. The Balaban J connectivity index is 1.87. The zero-order chi connectivity index (χ0) is 11.6. The molecule has 1 aromatic rings. The van der Waals surface area contributed by atoms with Crippen LogP contribution >= 0.6 is 11.6 Å². The first kappa shape index (κ1) is 11.9. The Morgan fingerprint density at radius 2 is 2.00 bits per heavy atom. The number of hydrogen-bond donors (Lipinski definition) is 2. The Morgan fingerprint density at radius 3 is 2.50 bits per heavy atom. The average Bonchev–Trinajstić information content (AvgIpc) is 2.24. The minimum atomic E-state index is -0.458. The van der Waals surface area contributed by atoms with Crippen molar-refractivity contribution in [1.82, 2.24) is 5.32 Å². The van der Waals surface area contributed by atoms with Gasteiger partial charge in [-0.2, -0.15) is 0 Å². The number of benzene rings is 1. The van der Waals surface area contributed by atoms with Crippen molar-refractivity contribution in [3.63, 3.8) is 0 Å². The van der Waals surface area contributed by atoms with E-state index in [-0.39, 0.29) is 6.04 Å². The van der Waals surface area contributed by atoms with E-state index in [1.807, 2.05) is 24.3 Å². The van der Waals surface area contributed by atoms with Crippen molar-refractivity contribution in [3.8, 4) is 0 Å². The summed E-state index contributed by atoms with van der Waals surface area (Å²) in [6.45, 7) is 2.78. The third kappa shape index (κ3) is 2.76. The van der Waals surface area contributed by atoms with Crippen LogP contribution in [0.5, 0.6) is 0 Å². The average molecular weight is 240 g/mol. The van der Waals surface area contributed by atoms with Gasteiger partial charge in [0.2, 0.25) is 0 Å². The molecule has 1 aliphatic carbocycles. The van der Waals surface area contributed by atoms with Gasteiger partial charge in [-0.05, 0) is 43.9 Å². The molecule has 1 unspecified atom stereocenters. The molecule has 0 heterocycles. The van der Waals surface area contributed by atoms with Gasteiger partial charge in [0.05, 0.1) is 5.60 Å². The molecule has 1 saturated carbocycles. The topological polar surface area (TPSA) is 32.3 Å². The molecular weight excluding hydrogens is 222 g/mol. The van der Waals surface area contributed by atoms with E-state index in [0.717, 1.165) is 24.3 Å². The quantitative estimate of drug-likeness (QED) is 0.847. The first-order valence-corrected chi connectivity index (χ1v) is 6.18. The summed E-state index contributed by atoms with van der Waals surface area (Å²) in [7, 11) is 0. The van der Waals surface area contributed by atoms with Gasteiger partial charge in [0.1, 0.15) is 0 Å². The summed E-state index contributed by atoms with van der Waals surface area (Å²) >= 11 is 5.84. The second-order valence-corrected chi connectivity index (χ2v) is 5.17. The molecule has 1 atom stereocenters. The normalized spacial score (nSPS) is 20.2. The van der Waals surface area contributed by atoms with E-state index in [9.17, 15) is 5.11 Å². The summed E-state index contributed by atoms with van der Waals surface area (Å²) in [6, 6.07) is 8.08. The van der Waals surface area contributed by atoms with Gasteiger partial charge in [-0.15, -0.1) is 0 Å². The molecule has 2 rings (SSSR count). The van der Waals surface area contributed by atoms with Crippen molar-refractivity contribution in [3.05, 3.63) is 34.9 Å². The largest absolute Gasteiger partial charge is 0.389 e. The van der Waals surface area contributed by atoms with Crippen molar-refractivity contribution in [1.29, 1.82) is 0 Å². The van der Waals surface area contributed by atoms with Gasteiger partial charge in [-0.25, -0.2) is 0 Å². The highest BCUT2D eigenvalue weighted by molar-refractivity contribution is 6.30. The molecule has 2 N–H and O–H groups in total. The highest BCUT2D eigenvalue weighted by Gasteiger charge is 2.34. The molecule has 1 aromatic carbocycles. The summed E-state index contributed by atoms with van der Waals surface area (Å²) in [4.78, 5) is 0. The third-order valence-corrected chi connectivity index (χ3v) is 3.64. The summed E-state index contributed by atoms with van der Waals surface area (Å²) in [6.07, 6.45) is 2.99. The monoisotopic (exact) mass is 239 g/mol. The lowest BCUT2D eigenvalue weighted by Gasteiger charge is -2.37. The third-order valence-electron chi connectivity index (χ3n) is 3.39. The standard InChI is InChI=1S/C13H18ClNO/c1-10(11-3-5-12(14)6-4-11)15-9-13(16)7-2-8-13/h3-6,10,15-16H,2,7-9H2,1H3. The molecule has 1 aliphatic rings. The van der Waals surface area contributed by atoms with Crippen molar-refractivity contribution in [2.75, 3.05) is 6.54 Å². The zero-order valence-corrected chi connectivity index (χ0v) is 10.3. The van der Waals surface area contributed by atoms with Gasteiger partial charge in [0.15, 0.2) is 0 Å². The number of halogens is 1. The van der Waals surface area contributed by atoms with Gasteiger partial charge < -0.3 is 10.4 Å². The van der Waals surface area contributed by atoms with Crippen molar-refractivity contribution in [2.24, 2.45) is 0 Å². The molecule has 1 fully saturated rings. The Kier molecular flexibility index (Phi) is 3.53. The van der Waals surface area contributed by atoms with Gasteiger partial charge in [0.25, 0.3) is 0 Å². The number of aliphatic hydroxyl groups is 1. The Bertz CT molecular complexity index is 345. The van der Waals surface area contributed by atoms with Crippen LogP contribution < -0.4 is 5.32 Å². The van der Waals surface area contributed by atoms with E-state index in [2.05, 4.69) is 12.2 Å². The molecule has 3 heteroatoms. The molecule has 0 saturated heterocycles. The van der Waals surface area contributed by atoms with E-state index >= 15 is 0 Å².